The third-order valence-corrected chi connectivity index (χ3v) is 9.40. The Morgan fingerprint density at radius 2 is 1.86 bits per heavy atom. The highest BCUT2D eigenvalue weighted by Crippen LogP contribution is 2.46. The number of fused-ring (bicyclic) bond motifs is 2. The van der Waals surface area contributed by atoms with E-state index < -0.39 is 0 Å². The number of anilines is 1. The number of unbranched alkanes of at least 4 members (excludes halogenated alkanes) is 1. The van der Waals surface area contributed by atoms with Crippen molar-refractivity contribution in [2.24, 2.45) is 24.8 Å². The highest BCUT2D eigenvalue weighted by Gasteiger charge is 2.45. The molecule has 1 amide bonds. The monoisotopic (exact) mass is 606 g/mol. The number of hydrogen-bond acceptors (Lipinski definition) is 4. The molecule has 4 heterocycles. The van der Waals surface area contributed by atoms with Gasteiger partial charge in [-0.15, -0.1) is 6.58 Å². The summed E-state index contributed by atoms with van der Waals surface area (Å²) in [7, 11) is 1.91. The smallest absolute Gasteiger partial charge is 0.254 e. The molecule has 7 heteroatoms. The van der Waals surface area contributed by atoms with Crippen molar-refractivity contribution in [2.45, 2.75) is 107 Å². The Hall–Kier alpha value is -3.35. The Labute approximate surface area is 269 Å². The molecule has 1 saturated heterocycles. The summed E-state index contributed by atoms with van der Waals surface area (Å²) in [6.45, 7) is 21.4. The van der Waals surface area contributed by atoms with Crippen LogP contribution in [0.5, 0.6) is 0 Å². The molecule has 246 valence electrons. The fraction of sp³-hybridized carbons (Fsp3) is 0.595. The normalized spacial score (nSPS) is 20.6. The number of aromatic nitrogens is 4. The van der Waals surface area contributed by atoms with Crippen LogP contribution in [0, 0.1) is 24.7 Å². The van der Waals surface area contributed by atoms with Gasteiger partial charge in [-0.1, -0.05) is 65.3 Å². The standard InChI is InChI=1S/C32H42N6O.2C2H6.CH4.2H2/c1-6-7-8-9-20(2)26-11-12-29(21(26)3)34-32(39)28-19-38(31-27(28)18-36(5)35-31)15-23-10-13-30(33-22(23)4)37-16-24-14-25(24)17-37;2*1-2;;;/h6,10,13,18-20,24-25,29H,1,7-9,11-12,14-17H2,2-5H3,(H,34,39);2*1-2H3;1H4;2*1H/t20?,24?,25?,29-;;;;;/m1...../s1. The third kappa shape index (κ3) is 7.47. The molecule has 4 atom stereocenters. The van der Waals surface area contributed by atoms with Crippen molar-refractivity contribution >= 4 is 22.8 Å². The molecule has 1 saturated carbocycles. The van der Waals surface area contributed by atoms with Crippen molar-refractivity contribution in [3.63, 3.8) is 0 Å². The Balaban J connectivity index is 0.00000146. The SMILES string of the molecule is C.C=CCCCC(C)C1=C(C)[C@H](NC(=O)c2cn(Cc3ccc(N4CC5CC5C4)nc3C)c3nn(C)cc23)CC1.CC.CC.[HH].[HH]. The van der Waals surface area contributed by atoms with Gasteiger partial charge in [-0.3, -0.25) is 9.48 Å². The van der Waals surface area contributed by atoms with Gasteiger partial charge in [0.2, 0.25) is 0 Å². The average molecular weight is 607 g/mol. The molecule has 2 fully saturated rings. The number of carbonyl (C=O) groups is 1. The average Bonchev–Trinajstić information content (AvgIpc) is 3.33. The second-order valence-corrected chi connectivity index (χ2v) is 12.2. The molecule has 0 radical (unpaired) electrons. The van der Waals surface area contributed by atoms with Gasteiger partial charge >= 0.3 is 0 Å². The molecule has 2 aliphatic carbocycles. The van der Waals surface area contributed by atoms with E-state index in [4.69, 9.17) is 10.1 Å². The zero-order valence-corrected chi connectivity index (χ0v) is 27.9. The predicted octanol–water partition coefficient (Wildman–Crippen LogP) is 8.96. The minimum Gasteiger partial charge on any atom is -0.356 e. The van der Waals surface area contributed by atoms with E-state index in [-0.39, 0.29) is 22.2 Å². The van der Waals surface area contributed by atoms with Gasteiger partial charge in [-0.25, -0.2) is 4.98 Å². The van der Waals surface area contributed by atoms with E-state index in [0.717, 1.165) is 72.3 Å². The topological polar surface area (TPSA) is 68.0 Å². The molecule has 0 aromatic carbocycles. The van der Waals surface area contributed by atoms with Gasteiger partial charge < -0.3 is 14.8 Å². The van der Waals surface area contributed by atoms with E-state index >= 15 is 0 Å². The summed E-state index contributed by atoms with van der Waals surface area (Å²) >= 11 is 0. The van der Waals surface area contributed by atoms with Crippen LogP contribution in [-0.2, 0) is 13.6 Å². The summed E-state index contributed by atoms with van der Waals surface area (Å²) in [6.07, 6.45) is 12.8. The number of carbonyl (C=O) groups excluding carboxylic acids is 1. The lowest BCUT2D eigenvalue weighted by Gasteiger charge is -2.20. The van der Waals surface area contributed by atoms with Gasteiger partial charge in [0.15, 0.2) is 5.65 Å². The summed E-state index contributed by atoms with van der Waals surface area (Å²) < 4.78 is 3.90. The van der Waals surface area contributed by atoms with Crippen molar-refractivity contribution in [3.8, 4) is 0 Å². The zero-order chi connectivity index (χ0) is 31.3. The summed E-state index contributed by atoms with van der Waals surface area (Å²) in [4.78, 5) is 21.0. The number of nitrogens with zero attached hydrogens (tertiary/aromatic N) is 5. The zero-order valence-electron chi connectivity index (χ0n) is 27.9. The fourth-order valence-corrected chi connectivity index (χ4v) is 6.89. The van der Waals surface area contributed by atoms with Crippen molar-refractivity contribution in [1.29, 1.82) is 0 Å². The molecule has 0 spiro atoms. The first-order valence-corrected chi connectivity index (χ1v) is 16.7. The second-order valence-electron chi connectivity index (χ2n) is 12.2. The fourth-order valence-electron chi connectivity index (χ4n) is 6.89. The molecule has 44 heavy (non-hydrogen) atoms. The van der Waals surface area contributed by atoms with Crippen molar-refractivity contribution in [1.82, 2.24) is 24.6 Å². The van der Waals surface area contributed by atoms with E-state index in [2.05, 4.69) is 54.3 Å². The molecular formula is C37H62N6O. The summed E-state index contributed by atoms with van der Waals surface area (Å²) in [5.74, 6) is 3.39. The Morgan fingerprint density at radius 1 is 1.16 bits per heavy atom. The first kappa shape index (κ1) is 35.1. The van der Waals surface area contributed by atoms with Crippen LogP contribution >= 0.6 is 0 Å². The van der Waals surface area contributed by atoms with Gasteiger partial charge in [-0.2, -0.15) is 5.10 Å². The van der Waals surface area contributed by atoms with Crippen molar-refractivity contribution in [2.75, 3.05) is 18.0 Å². The number of piperidine rings is 1. The van der Waals surface area contributed by atoms with Crippen LogP contribution < -0.4 is 10.2 Å². The van der Waals surface area contributed by atoms with Gasteiger partial charge in [-0.05, 0) is 81.8 Å². The summed E-state index contributed by atoms with van der Waals surface area (Å²) in [6, 6.07) is 4.45. The van der Waals surface area contributed by atoms with Crippen LogP contribution in [0.3, 0.4) is 0 Å². The molecule has 1 N–H and O–H groups in total. The van der Waals surface area contributed by atoms with Crippen LogP contribution in [-0.4, -0.2) is 44.4 Å². The lowest BCUT2D eigenvalue weighted by atomic mass is 9.92. The van der Waals surface area contributed by atoms with Crippen LogP contribution in [0.2, 0.25) is 0 Å². The van der Waals surface area contributed by atoms with E-state index in [0.29, 0.717) is 18.0 Å². The third-order valence-electron chi connectivity index (χ3n) is 9.40. The number of hydrogen-bond donors (Lipinski definition) is 1. The molecular weight excluding hydrogens is 544 g/mol. The number of nitrogens with one attached hydrogen (secondary N) is 1. The highest BCUT2D eigenvalue weighted by atomic mass is 16.1. The van der Waals surface area contributed by atoms with Crippen molar-refractivity contribution in [3.05, 3.63) is 65.1 Å². The number of pyridine rings is 1. The quantitative estimate of drug-likeness (QED) is 0.185. The molecule has 0 bridgehead atoms. The maximum atomic E-state index is 13.6. The number of amides is 1. The Morgan fingerprint density at radius 3 is 2.52 bits per heavy atom. The lowest BCUT2D eigenvalue weighted by Crippen LogP contribution is -2.34. The molecule has 3 aromatic rings. The van der Waals surface area contributed by atoms with E-state index in [1.807, 2.05) is 53.2 Å². The van der Waals surface area contributed by atoms with E-state index in [1.54, 1.807) is 4.68 Å². The molecule has 3 unspecified atom stereocenters. The van der Waals surface area contributed by atoms with Crippen LogP contribution in [0.4, 0.5) is 5.82 Å². The predicted molar refractivity (Wildman–Crippen MR) is 191 cm³/mol. The Bertz CT molecular complexity index is 1450. The Kier molecular flexibility index (Phi) is 12.4. The largest absolute Gasteiger partial charge is 0.356 e. The van der Waals surface area contributed by atoms with E-state index in [1.165, 1.54) is 30.4 Å². The molecule has 3 aliphatic rings. The number of rotatable bonds is 10. The minimum atomic E-state index is -0.0190. The summed E-state index contributed by atoms with van der Waals surface area (Å²) in [5, 5.41) is 8.95. The maximum Gasteiger partial charge on any atom is 0.254 e. The van der Waals surface area contributed by atoms with Crippen molar-refractivity contribution < 1.29 is 7.65 Å². The molecule has 1 aliphatic heterocycles. The van der Waals surface area contributed by atoms with E-state index in [9.17, 15) is 4.79 Å². The molecule has 7 nitrogen and oxygen atoms in total. The highest BCUT2D eigenvalue weighted by molar-refractivity contribution is 6.06. The van der Waals surface area contributed by atoms with Gasteiger partial charge in [0.05, 0.1) is 23.5 Å². The maximum absolute atomic E-state index is 13.6. The number of aryl methyl sites for hydroxylation is 2. The van der Waals surface area contributed by atoms with Gasteiger partial charge in [0.25, 0.3) is 5.91 Å². The van der Waals surface area contributed by atoms with Crippen LogP contribution in [0.25, 0.3) is 11.0 Å². The summed E-state index contributed by atoms with van der Waals surface area (Å²) in [5.41, 5.74) is 6.58. The van der Waals surface area contributed by atoms with Crippen LogP contribution in [0.15, 0.2) is 48.3 Å². The molecule has 6 rings (SSSR count). The molecule has 3 aromatic heterocycles. The van der Waals surface area contributed by atoms with Gasteiger partial charge in [0, 0.05) is 41.1 Å². The minimum absolute atomic E-state index is 0. The van der Waals surface area contributed by atoms with Gasteiger partial charge in [0.1, 0.15) is 5.82 Å². The first-order chi connectivity index (χ1) is 20.8. The first-order valence-electron chi connectivity index (χ1n) is 16.7. The lowest BCUT2D eigenvalue weighted by molar-refractivity contribution is 0.0944. The van der Waals surface area contributed by atoms with Crippen LogP contribution in [0.1, 0.15) is 112 Å². The second kappa shape index (κ2) is 15.6. The number of allylic oxidation sites excluding steroid dienone is 2.